The molecule has 51 heavy (non-hydrogen) atoms. The van der Waals surface area contributed by atoms with Crippen LogP contribution >= 0.6 is 11.3 Å². The van der Waals surface area contributed by atoms with E-state index in [9.17, 15) is 10.1 Å². The lowest BCUT2D eigenvalue weighted by atomic mass is 9.72. The quantitative estimate of drug-likeness (QED) is 0.218. The van der Waals surface area contributed by atoms with Crippen molar-refractivity contribution in [3.8, 4) is 23.6 Å². The predicted octanol–water partition coefficient (Wildman–Crippen LogP) is 5.38. The van der Waals surface area contributed by atoms with Crippen molar-refractivity contribution in [3.05, 3.63) is 28.0 Å². The van der Waals surface area contributed by atoms with Crippen LogP contribution in [0.5, 0.6) is 6.01 Å². The molecular formula is C36H48N10O4S. The largest absolute Gasteiger partial charge is 0.459 e. The van der Waals surface area contributed by atoms with Crippen LogP contribution in [-0.2, 0) is 16.6 Å². The highest BCUT2D eigenvalue weighted by atomic mass is 32.1. The molecular weight excluding hydrogens is 669 g/mol. The summed E-state index contributed by atoms with van der Waals surface area (Å²) in [6, 6.07) is 4.92. The number of amides is 1. The number of nitrogens with zero attached hydrogens (tertiary/aromatic N) is 10. The zero-order valence-corrected chi connectivity index (χ0v) is 31.7. The van der Waals surface area contributed by atoms with Crippen LogP contribution in [0.25, 0.3) is 11.5 Å². The standard InChI is InChI=1S/C36H48N10O4S/c1-21(26-11-10-14-44(26)8)48-33-39-25(16-28(40-33)45-18-23-15-22(45)19-46(23)34(47)49-35(2,3)4)30-41-32(50-42-30)36(5)13-9-12-27-29(36)24(17-37)31(51-27)38-20-43(6)7/h16,20-23,26H,9-15,18-19H2,1-8H3/b38-20+/t21-,22-,23-,26-,36-/m0/s1. The fraction of sp³-hybridized carbons (Fsp3) is 0.639. The van der Waals surface area contributed by atoms with Crippen molar-refractivity contribution in [1.82, 2.24) is 34.8 Å². The number of likely N-dealkylation sites (N-methyl/N-ethyl adjacent to an activating group) is 1. The number of piperazine rings is 1. The Morgan fingerprint density at radius 2 is 2.04 bits per heavy atom. The highest BCUT2D eigenvalue weighted by molar-refractivity contribution is 7.16. The molecule has 3 aromatic heterocycles. The second-order valence-corrected chi connectivity index (χ2v) is 16.8. The number of carbonyl (C=O) groups is 1. The van der Waals surface area contributed by atoms with E-state index in [2.05, 4.69) is 46.9 Å². The third-order valence-corrected chi connectivity index (χ3v) is 11.7. The first-order chi connectivity index (χ1) is 24.2. The molecule has 6 heterocycles. The van der Waals surface area contributed by atoms with Gasteiger partial charge in [0.2, 0.25) is 11.7 Å². The highest BCUT2D eigenvalue weighted by Crippen LogP contribution is 2.50. The van der Waals surface area contributed by atoms with Gasteiger partial charge in [0, 0.05) is 49.7 Å². The molecule has 0 N–H and O–H groups in total. The average Bonchev–Trinajstić information content (AvgIpc) is 3.91. The number of carbonyl (C=O) groups excluding carboxylic acids is 1. The molecule has 4 aliphatic rings. The first-order valence-corrected chi connectivity index (χ1v) is 18.7. The maximum absolute atomic E-state index is 13.0. The van der Waals surface area contributed by atoms with Crippen LogP contribution in [0.15, 0.2) is 15.6 Å². The minimum absolute atomic E-state index is 0.0165. The Hall–Kier alpha value is -4.29. The number of anilines is 1. The Labute approximate surface area is 303 Å². The number of hydrogen-bond acceptors (Lipinski definition) is 13. The van der Waals surface area contributed by atoms with Gasteiger partial charge in [-0.1, -0.05) is 5.16 Å². The van der Waals surface area contributed by atoms with Crippen LogP contribution in [0.2, 0.25) is 0 Å². The van der Waals surface area contributed by atoms with Gasteiger partial charge in [0.15, 0.2) is 0 Å². The van der Waals surface area contributed by atoms with Crippen molar-refractivity contribution < 1.29 is 18.8 Å². The lowest BCUT2D eigenvalue weighted by molar-refractivity contribution is 0.0214. The van der Waals surface area contributed by atoms with Gasteiger partial charge in [-0.05, 0) is 86.7 Å². The molecule has 3 aromatic rings. The number of thiophene rings is 1. The van der Waals surface area contributed by atoms with Crippen LogP contribution in [0.4, 0.5) is 15.6 Å². The summed E-state index contributed by atoms with van der Waals surface area (Å²) in [7, 11) is 5.93. The zero-order chi connectivity index (χ0) is 36.2. The minimum atomic E-state index is -0.664. The Morgan fingerprint density at radius 3 is 2.71 bits per heavy atom. The van der Waals surface area contributed by atoms with Crippen LogP contribution in [0.1, 0.15) is 88.6 Å². The fourth-order valence-electron chi connectivity index (χ4n) is 8.07. The summed E-state index contributed by atoms with van der Waals surface area (Å²) in [5.74, 6) is 1.47. The monoisotopic (exact) mass is 716 g/mol. The van der Waals surface area contributed by atoms with Crippen LogP contribution in [0, 0.1) is 11.3 Å². The number of ether oxygens (including phenoxy) is 2. The van der Waals surface area contributed by atoms with Gasteiger partial charge in [0.05, 0.1) is 29.4 Å². The summed E-state index contributed by atoms with van der Waals surface area (Å²) in [5, 5.41) is 15.4. The van der Waals surface area contributed by atoms with Crippen LogP contribution < -0.4 is 9.64 Å². The molecule has 3 saturated heterocycles. The van der Waals surface area contributed by atoms with Crippen molar-refractivity contribution in [2.45, 2.75) is 108 Å². The predicted molar refractivity (Wildman–Crippen MR) is 194 cm³/mol. The van der Waals surface area contributed by atoms with Crippen molar-refractivity contribution in [1.29, 1.82) is 5.26 Å². The number of aromatic nitrogens is 4. The molecule has 272 valence electrons. The Kier molecular flexibility index (Phi) is 9.20. The van der Waals surface area contributed by atoms with Gasteiger partial charge in [0.25, 0.3) is 0 Å². The smallest absolute Gasteiger partial charge is 0.410 e. The Bertz CT molecular complexity index is 1860. The number of fused-ring (bicyclic) bond motifs is 3. The van der Waals surface area contributed by atoms with Gasteiger partial charge in [-0.3, -0.25) is 4.90 Å². The number of likely N-dealkylation sites (tertiary alicyclic amines) is 2. The molecule has 3 aliphatic heterocycles. The summed E-state index contributed by atoms with van der Waals surface area (Å²) in [5.41, 5.74) is 0.753. The molecule has 14 nitrogen and oxygen atoms in total. The van der Waals surface area contributed by atoms with Crippen molar-refractivity contribution >= 4 is 34.6 Å². The molecule has 3 fully saturated rings. The maximum Gasteiger partial charge on any atom is 0.410 e. The second-order valence-electron chi connectivity index (χ2n) is 15.7. The Balaban J connectivity index is 1.21. The van der Waals surface area contributed by atoms with Gasteiger partial charge in [0.1, 0.15) is 34.3 Å². The topological polar surface area (TPSA) is 149 Å². The van der Waals surface area contributed by atoms with E-state index in [1.807, 2.05) is 50.7 Å². The summed E-state index contributed by atoms with van der Waals surface area (Å²) in [6.07, 6.45) is 6.85. The van der Waals surface area contributed by atoms with Gasteiger partial charge in [-0.15, -0.1) is 11.3 Å². The number of nitriles is 1. The molecule has 7 rings (SSSR count). The molecule has 5 atom stereocenters. The fourth-order valence-corrected chi connectivity index (χ4v) is 9.33. The van der Waals surface area contributed by atoms with E-state index in [4.69, 9.17) is 28.9 Å². The number of hydrogen-bond donors (Lipinski definition) is 0. The summed E-state index contributed by atoms with van der Waals surface area (Å²) in [4.78, 5) is 41.7. The molecule has 0 aromatic carbocycles. The minimum Gasteiger partial charge on any atom is -0.459 e. The van der Waals surface area contributed by atoms with Gasteiger partial charge >= 0.3 is 12.1 Å². The number of aryl methyl sites for hydroxylation is 1. The second kappa shape index (κ2) is 13.4. The lowest BCUT2D eigenvalue weighted by Crippen LogP contribution is -2.50. The highest BCUT2D eigenvalue weighted by Gasteiger charge is 2.48. The van der Waals surface area contributed by atoms with E-state index in [1.54, 1.807) is 17.7 Å². The Morgan fingerprint density at radius 1 is 1.24 bits per heavy atom. The van der Waals surface area contributed by atoms with Crippen molar-refractivity contribution in [2.75, 3.05) is 45.7 Å². The normalized spacial score (nSPS) is 25.4. The van der Waals surface area contributed by atoms with E-state index < -0.39 is 11.0 Å². The van der Waals surface area contributed by atoms with E-state index in [1.165, 1.54) is 0 Å². The third kappa shape index (κ3) is 6.75. The molecule has 0 unspecified atom stereocenters. The summed E-state index contributed by atoms with van der Waals surface area (Å²) >= 11 is 1.56. The maximum atomic E-state index is 13.0. The summed E-state index contributed by atoms with van der Waals surface area (Å²) < 4.78 is 18.2. The molecule has 0 spiro atoms. The van der Waals surface area contributed by atoms with Gasteiger partial charge in [-0.2, -0.15) is 20.2 Å². The van der Waals surface area contributed by atoms with Crippen molar-refractivity contribution in [2.24, 2.45) is 4.99 Å². The third-order valence-electron chi connectivity index (χ3n) is 10.5. The first-order valence-electron chi connectivity index (χ1n) is 17.9. The molecule has 0 saturated carbocycles. The molecule has 1 aliphatic carbocycles. The van der Waals surface area contributed by atoms with E-state index in [-0.39, 0.29) is 36.3 Å². The van der Waals surface area contributed by atoms with E-state index >= 15 is 0 Å². The van der Waals surface area contributed by atoms with E-state index in [0.717, 1.165) is 55.5 Å². The molecule has 0 radical (unpaired) electrons. The molecule has 1 amide bonds. The van der Waals surface area contributed by atoms with Crippen LogP contribution in [0.3, 0.4) is 0 Å². The molecule has 2 bridgehead atoms. The number of aliphatic imine (C=N–C) groups is 1. The zero-order valence-electron chi connectivity index (χ0n) is 30.8. The first kappa shape index (κ1) is 35.1. The van der Waals surface area contributed by atoms with Gasteiger partial charge < -0.3 is 28.7 Å². The van der Waals surface area contributed by atoms with Gasteiger partial charge in [-0.25, -0.2) is 9.79 Å². The summed E-state index contributed by atoms with van der Waals surface area (Å²) in [6.45, 7) is 12.0. The molecule has 15 heteroatoms. The SMILES string of the molecule is C[C@H](Oc1nc(-c2noc([C@@]3(C)CCCc4sc(/N=C/N(C)C)c(C#N)c43)n2)cc(N2C[C@@H]3C[C@H]2CN3C(=O)OC(C)(C)C)n1)[C@@H]1CCCN1C. The number of rotatable bonds is 8. The van der Waals surface area contributed by atoms with Crippen LogP contribution in [-0.4, -0.2) is 118 Å². The van der Waals surface area contributed by atoms with Crippen molar-refractivity contribution in [3.63, 3.8) is 0 Å². The average molecular weight is 717 g/mol. The lowest BCUT2D eigenvalue weighted by Gasteiger charge is -2.36. The van der Waals surface area contributed by atoms with E-state index in [0.29, 0.717) is 46.9 Å².